The summed E-state index contributed by atoms with van der Waals surface area (Å²) in [7, 11) is 1.56. The standard InChI is InChI=1S/C30H32N2O5/c1-29(2,3)25-13-12-22(15-26(25)37-4)27(33)32-19-24-14-21(18-31-36)10-11-23(24)17-30(32,28(34)35)16-20-8-6-5-7-9-20/h5-15H,16-19H2,1-4H3,(H,34,35). The summed E-state index contributed by atoms with van der Waals surface area (Å²) in [5, 5.41) is 13.6. The van der Waals surface area contributed by atoms with Crippen molar-refractivity contribution in [3.63, 3.8) is 0 Å². The lowest BCUT2D eigenvalue weighted by molar-refractivity contribution is -0.151. The van der Waals surface area contributed by atoms with E-state index in [0.717, 1.165) is 27.8 Å². The number of methoxy groups -OCH3 is 1. The number of carboxylic acid groups (broad SMARTS) is 1. The number of carbonyl (C=O) groups excluding carboxylic acids is 1. The summed E-state index contributed by atoms with van der Waals surface area (Å²) in [6.07, 6.45) is 0.299. The number of hydrogen-bond donors (Lipinski definition) is 1. The van der Waals surface area contributed by atoms with Crippen molar-refractivity contribution < 1.29 is 19.4 Å². The molecule has 1 aliphatic rings. The van der Waals surface area contributed by atoms with Crippen molar-refractivity contribution in [2.75, 3.05) is 7.11 Å². The van der Waals surface area contributed by atoms with Crippen LogP contribution in [0.25, 0.3) is 0 Å². The molecule has 1 amide bonds. The molecule has 0 aliphatic carbocycles. The van der Waals surface area contributed by atoms with Gasteiger partial charge in [-0.2, -0.15) is 4.91 Å². The number of fused-ring (bicyclic) bond motifs is 1. The molecule has 1 N–H and O–H groups in total. The molecule has 0 aromatic heterocycles. The van der Waals surface area contributed by atoms with Crippen LogP contribution in [0.3, 0.4) is 0 Å². The molecule has 3 aromatic rings. The van der Waals surface area contributed by atoms with Crippen LogP contribution in [-0.4, -0.2) is 34.5 Å². The summed E-state index contributed by atoms with van der Waals surface area (Å²) < 4.78 is 5.62. The van der Waals surface area contributed by atoms with Crippen LogP contribution in [0.2, 0.25) is 0 Å². The first-order chi connectivity index (χ1) is 17.6. The number of ether oxygens (including phenoxy) is 1. The first kappa shape index (κ1) is 26.1. The third-order valence-corrected chi connectivity index (χ3v) is 7.08. The molecule has 0 radical (unpaired) electrons. The molecule has 4 rings (SSSR count). The Morgan fingerprint density at radius 2 is 1.73 bits per heavy atom. The zero-order valence-electron chi connectivity index (χ0n) is 21.7. The third-order valence-electron chi connectivity index (χ3n) is 7.08. The molecule has 1 aliphatic heterocycles. The van der Waals surface area contributed by atoms with E-state index in [1.807, 2.05) is 48.5 Å². The van der Waals surface area contributed by atoms with Crippen LogP contribution in [0, 0.1) is 4.91 Å². The Hall–Kier alpha value is -4.00. The van der Waals surface area contributed by atoms with Crippen LogP contribution in [-0.2, 0) is 36.1 Å². The Morgan fingerprint density at radius 3 is 2.35 bits per heavy atom. The lowest BCUT2D eigenvalue weighted by Crippen LogP contribution is -2.61. The van der Waals surface area contributed by atoms with E-state index in [0.29, 0.717) is 11.3 Å². The van der Waals surface area contributed by atoms with Crippen molar-refractivity contribution in [1.82, 2.24) is 4.90 Å². The van der Waals surface area contributed by atoms with Gasteiger partial charge in [-0.05, 0) is 45.4 Å². The van der Waals surface area contributed by atoms with Gasteiger partial charge in [0.05, 0.1) is 7.11 Å². The lowest BCUT2D eigenvalue weighted by atomic mass is 9.77. The highest BCUT2D eigenvalue weighted by atomic mass is 16.5. The van der Waals surface area contributed by atoms with Gasteiger partial charge in [-0.1, -0.05) is 80.5 Å². The van der Waals surface area contributed by atoms with E-state index in [2.05, 4.69) is 25.9 Å². The van der Waals surface area contributed by atoms with Crippen LogP contribution in [0.4, 0.5) is 0 Å². The highest BCUT2D eigenvalue weighted by molar-refractivity contribution is 5.99. The van der Waals surface area contributed by atoms with E-state index in [1.165, 1.54) is 4.90 Å². The number of hydrogen-bond acceptors (Lipinski definition) is 5. The van der Waals surface area contributed by atoms with Gasteiger partial charge in [-0.25, -0.2) is 4.79 Å². The Labute approximate surface area is 217 Å². The SMILES string of the molecule is COc1cc(C(=O)N2Cc3cc(CN=O)ccc3CC2(Cc2ccccc2)C(=O)O)ccc1C(C)(C)C. The van der Waals surface area contributed by atoms with Gasteiger partial charge in [0.2, 0.25) is 0 Å². The molecule has 0 bridgehead atoms. The van der Waals surface area contributed by atoms with Crippen LogP contribution in [0.15, 0.2) is 71.9 Å². The topological polar surface area (TPSA) is 96.3 Å². The second-order valence-corrected chi connectivity index (χ2v) is 10.6. The zero-order chi connectivity index (χ0) is 26.8. The molecule has 7 heteroatoms. The van der Waals surface area contributed by atoms with E-state index >= 15 is 0 Å². The fourth-order valence-electron chi connectivity index (χ4n) is 5.13. The van der Waals surface area contributed by atoms with E-state index in [4.69, 9.17) is 4.74 Å². The van der Waals surface area contributed by atoms with Crippen molar-refractivity contribution in [3.05, 3.63) is 105 Å². The maximum atomic E-state index is 14.1. The van der Waals surface area contributed by atoms with Gasteiger partial charge in [0.1, 0.15) is 17.8 Å². The van der Waals surface area contributed by atoms with E-state index < -0.39 is 11.5 Å². The number of carbonyl (C=O) groups is 2. The fraction of sp³-hybridized carbons (Fsp3) is 0.333. The summed E-state index contributed by atoms with van der Waals surface area (Å²) >= 11 is 0. The molecular weight excluding hydrogens is 468 g/mol. The van der Waals surface area contributed by atoms with Crippen LogP contribution >= 0.6 is 0 Å². The third kappa shape index (κ3) is 5.12. The second kappa shape index (κ2) is 10.2. The average molecular weight is 501 g/mol. The fourth-order valence-corrected chi connectivity index (χ4v) is 5.13. The molecular formula is C30H32N2O5. The number of nitroso groups, excluding NO2 is 1. The molecule has 0 saturated carbocycles. The molecule has 1 heterocycles. The maximum Gasteiger partial charge on any atom is 0.330 e. The second-order valence-electron chi connectivity index (χ2n) is 10.6. The van der Waals surface area contributed by atoms with Crippen LogP contribution in [0.1, 0.15) is 58.9 Å². The minimum atomic E-state index is -1.49. The Bertz CT molecular complexity index is 1330. The molecule has 0 saturated heterocycles. The predicted octanol–water partition coefficient (Wildman–Crippen LogP) is 5.52. The highest BCUT2D eigenvalue weighted by Gasteiger charge is 2.50. The summed E-state index contributed by atoms with van der Waals surface area (Å²) in [5.41, 5.74) is 2.84. The summed E-state index contributed by atoms with van der Waals surface area (Å²) in [5.74, 6) is -0.868. The van der Waals surface area contributed by atoms with Crippen LogP contribution < -0.4 is 4.74 Å². The lowest BCUT2D eigenvalue weighted by Gasteiger charge is -2.45. The number of benzene rings is 3. The molecule has 7 nitrogen and oxygen atoms in total. The normalized spacial score (nSPS) is 17.1. The summed E-state index contributed by atoms with van der Waals surface area (Å²) in [6, 6.07) is 20.2. The van der Waals surface area contributed by atoms with E-state index in [-0.39, 0.29) is 37.3 Å². The number of nitrogens with zero attached hydrogens (tertiary/aromatic N) is 2. The summed E-state index contributed by atoms with van der Waals surface area (Å²) in [4.78, 5) is 39.5. The van der Waals surface area contributed by atoms with Crippen molar-refractivity contribution in [1.29, 1.82) is 0 Å². The number of rotatable bonds is 7. The van der Waals surface area contributed by atoms with Gasteiger partial charge in [0.15, 0.2) is 0 Å². The van der Waals surface area contributed by atoms with Gasteiger partial charge in [0, 0.05) is 24.9 Å². The first-order valence-electron chi connectivity index (χ1n) is 12.3. The smallest absolute Gasteiger partial charge is 0.330 e. The molecule has 37 heavy (non-hydrogen) atoms. The minimum absolute atomic E-state index is 0.0147. The Balaban J connectivity index is 1.84. The van der Waals surface area contributed by atoms with Crippen molar-refractivity contribution in [3.8, 4) is 5.75 Å². The van der Waals surface area contributed by atoms with Gasteiger partial charge in [-0.15, -0.1) is 0 Å². The molecule has 1 atom stereocenters. The van der Waals surface area contributed by atoms with E-state index in [1.54, 1.807) is 25.3 Å². The Kier molecular flexibility index (Phi) is 7.16. The van der Waals surface area contributed by atoms with Gasteiger partial charge in [0.25, 0.3) is 5.91 Å². The van der Waals surface area contributed by atoms with Crippen LogP contribution in [0.5, 0.6) is 5.75 Å². The number of amides is 1. The van der Waals surface area contributed by atoms with Gasteiger partial charge in [-0.3, -0.25) is 4.79 Å². The monoisotopic (exact) mass is 500 g/mol. The predicted molar refractivity (Wildman–Crippen MR) is 142 cm³/mol. The molecule has 0 fully saturated rings. The summed E-state index contributed by atoms with van der Waals surface area (Å²) in [6.45, 7) is 6.31. The first-order valence-corrected chi connectivity index (χ1v) is 12.3. The maximum absolute atomic E-state index is 14.1. The molecule has 0 spiro atoms. The van der Waals surface area contributed by atoms with Gasteiger partial charge >= 0.3 is 5.97 Å². The minimum Gasteiger partial charge on any atom is -0.496 e. The largest absolute Gasteiger partial charge is 0.496 e. The molecule has 192 valence electrons. The van der Waals surface area contributed by atoms with Gasteiger partial charge < -0.3 is 14.7 Å². The Morgan fingerprint density at radius 1 is 1.00 bits per heavy atom. The van der Waals surface area contributed by atoms with Crippen molar-refractivity contribution >= 4 is 11.9 Å². The molecule has 1 unspecified atom stereocenters. The van der Waals surface area contributed by atoms with Crippen molar-refractivity contribution in [2.24, 2.45) is 5.18 Å². The molecule has 3 aromatic carbocycles. The van der Waals surface area contributed by atoms with Crippen molar-refractivity contribution in [2.45, 2.75) is 57.7 Å². The number of aliphatic carboxylic acids is 1. The van der Waals surface area contributed by atoms with E-state index in [9.17, 15) is 19.6 Å². The highest BCUT2D eigenvalue weighted by Crippen LogP contribution is 2.38. The quantitative estimate of drug-likeness (QED) is 0.431. The average Bonchev–Trinajstić information content (AvgIpc) is 2.87. The zero-order valence-corrected chi connectivity index (χ0v) is 21.7. The number of carboxylic acids is 1.